The Morgan fingerprint density at radius 1 is 0.383 bits per heavy atom. The third-order valence-electron chi connectivity index (χ3n) is 10.8. The van der Waals surface area contributed by atoms with Crippen LogP contribution in [0.3, 0.4) is 0 Å². The molecular formula is C46H37N. The first kappa shape index (κ1) is 27.9. The van der Waals surface area contributed by atoms with E-state index in [9.17, 15) is 0 Å². The van der Waals surface area contributed by atoms with Gasteiger partial charge in [-0.1, -0.05) is 143 Å². The van der Waals surface area contributed by atoms with Gasteiger partial charge in [0.15, 0.2) is 0 Å². The van der Waals surface area contributed by atoms with Gasteiger partial charge in [0.05, 0.1) is 5.69 Å². The van der Waals surface area contributed by atoms with E-state index in [-0.39, 0.29) is 10.8 Å². The van der Waals surface area contributed by atoms with Crippen LogP contribution in [-0.4, -0.2) is 0 Å². The highest BCUT2D eigenvalue weighted by atomic mass is 15.1. The molecule has 0 amide bonds. The Balaban J connectivity index is 1.27. The van der Waals surface area contributed by atoms with Crippen LogP contribution in [0.5, 0.6) is 0 Å². The van der Waals surface area contributed by atoms with Gasteiger partial charge in [-0.15, -0.1) is 0 Å². The van der Waals surface area contributed by atoms with Gasteiger partial charge in [0, 0.05) is 22.2 Å². The molecule has 0 radical (unpaired) electrons. The van der Waals surface area contributed by atoms with E-state index in [1.807, 2.05) is 0 Å². The largest absolute Gasteiger partial charge is 0.310 e. The van der Waals surface area contributed by atoms with Crippen molar-refractivity contribution in [3.63, 3.8) is 0 Å². The fraction of sp³-hybridized carbons (Fsp3) is 0.130. The van der Waals surface area contributed by atoms with Crippen molar-refractivity contribution in [3.05, 3.63) is 174 Å². The summed E-state index contributed by atoms with van der Waals surface area (Å²) in [5, 5.41) is 2.52. The molecule has 0 unspecified atom stereocenters. The molecule has 47 heavy (non-hydrogen) atoms. The molecule has 0 N–H and O–H groups in total. The van der Waals surface area contributed by atoms with Crippen LogP contribution in [-0.2, 0) is 10.8 Å². The molecule has 1 nitrogen and oxygen atoms in total. The van der Waals surface area contributed by atoms with E-state index in [2.05, 4.69) is 184 Å². The molecule has 0 spiro atoms. The minimum Gasteiger partial charge on any atom is -0.310 e. The number of benzene rings is 7. The van der Waals surface area contributed by atoms with Crippen LogP contribution in [0.4, 0.5) is 17.1 Å². The summed E-state index contributed by atoms with van der Waals surface area (Å²) in [5.41, 5.74) is 16.7. The summed E-state index contributed by atoms with van der Waals surface area (Å²) in [6.45, 7) is 9.50. The average molecular weight is 604 g/mol. The molecule has 0 saturated carbocycles. The molecule has 226 valence electrons. The lowest BCUT2D eigenvalue weighted by Gasteiger charge is -2.33. The van der Waals surface area contributed by atoms with Crippen LogP contribution in [0.25, 0.3) is 44.2 Å². The summed E-state index contributed by atoms with van der Waals surface area (Å²) in [7, 11) is 0. The summed E-state index contributed by atoms with van der Waals surface area (Å²) in [6.07, 6.45) is 0. The van der Waals surface area contributed by atoms with Gasteiger partial charge in [-0.25, -0.2) is 0 Å². The summed E-state index contributed by atoms with van der Waals surface area (Å²) in [4.78, 5) is 2.51. The van der Waals surface area contributed by atoms with Crippen molar-refractivity contribution in [1.82, 2.24) is 0 Å². The minimum absolute atomic E-state index is 0.0886. The van der Waals surface area contributed by atoms with E-state index in [0.29, 0.717) is 0 Å². The molecule has 0 bridgehead atoms. The van der Waals surface area contributed by atoms with Gasteiger partial charge in [0.1, 0.15) is 0 Å². The van der Waals surface area contributed by atoms with Crippen molar-refractivity contribution in [1.29, 1.82) is 0 Å². The molecule has 0 aliphatic heterocycles. The van der Waals surface area contributed by atoms with Crippen LogP contribution in [0.2, 0.25) is 0 Å². The Labute approximate surface area is 277 Å². The maximum absolute atomic E-state index is 2.51. The van der Waals surface area contributed by atoms with Crippen LogP contribution in [0.1, 0.15) is 49.9 Å². The predicted octanol–water partition coefficient (Wildman–Crippen LogP) is 12.6. The molecule has 1 heteroatoms. The van der Waals surface area contributed by atoms with Gasteiger partial charge < -0.3 is 4.90 Å². The van der Waals surface area contributed by atoms with Crippen LogP contribution in [0, 0.1) is 0 Å². The van der Waals surface area contributed by atoms with Crippen LogP contribution < -0.4 is 4.90 Å². The fourth-order valence-electron chi connectivity index (χ4n) is 8.46. The highest BCUT2D eigenvalue weighted by Crippen LogP contribution is 2.55. The van der Waals surface area contributed by atoms with E-state index in [1.54, 1.807) is 0 Å². The quantitative estimate of drug-likeness (QED) is 0.193. The maximum atomic E-state index is 2.51. The van der Waals surface area contributed by atoms with Gasteiger partial charge in [0.25, 0.3) is 0 Å². The Bertz CT molecular complexity index is 2370. The third kappa shape index (κ3) is 4.09. The standard InChI is InChI=1S/C46H37N/c1-45(2)40-20-9-7-17-36(40)38-26-25-35(29-42(38)45)47(43-22-12-19-39-37-18-8-10-21-41(37)46(3,4)44(39)43)34-16-11-15-32(28-34)33-24-23-30-13-5-6-14-31(30)27-33/h5-29H,1-4H3. The van der Waals surface area contributed by atoms with Crippen molar-refractivity contribution < 1.29 is 0 Å². The zero-order chi connectivity index (χ0) is 31.9. The van der Waals surface area contributed by atoms with E-state index in [4.69, 9.17) is 0 Å². The number of hydrogen-bond donors (Lipinski definition) is 0. The highest BCUT2D eigenvalue weighted by molar-refractivity contribution is 5.93. The molecule has 0 fully saturated rings. The van der Waals surface area contributed by atoms with Gasteiger partial charge in [0.2, 0.25) is 0 Å². The first-order valence-electron chi connectivity index (χ1n) is 16.7. The summed E-state index contributed by atoms with van der Waals surface area (Å²) in [5.74, 6) is 0. The monoisotopic (exact) mass is 603 g/mol. The Morgan fingerprint density at radius 2 is 0.979 bits per heavy atom. The smallest absolute Gasteiger partial charge is 0.0508 e. The number of rotatable bonds is 4. The van der Waals surface area contributed by atoms with E-state index in [0.717, 1.165) is 5.69 Å². The van der Waals surface area contributed by atoms with E-state index < -0.39 is 0 Å². The zero-order valence-corrected chi connectivity index (χ0v) is 27.4. The SMILES string of the molecule is CC1(C)c2ccccc2-c2ccc(N(c3cccc(-c4ccc5ccccc5c4)c3)c3cccc4c3C(C)(C)c3ccccc3-4)cc21. The molecule has 0 atom stereocenters. The van der Waals surface area contributed by atoms with Crippen molar-refractivity contribution in [2.24, 2.45) is 0 Å². The summed E-state index contributed by atoms with van der Waals surface area (Å²) >= 11 is 0. The number of anilines is 3. The predicted molar refractivity (Wildman–Crippen MR) is 199 cm³/mol. The van der Waals surface area contributed by atoms with Crippen LogP contribution in [0.15, 0.2) is 152 Å². The number of hydrogen-bond acceptors (Lipinski definition) is 1. The summed E-state index contributed by atoms with van der Waals surface area (Å²) in [6, 6.07) is 56.3. The van der Waals surface area contributed by atoms with Crippen LogP contribution >= 0.6 is 0 Å². The molecular weight excluding hydrogens is 567 g/mol. The molecule has 0 heterocycles. The van der Waals surface area contributed by atoms with Gasteiger partial charge in [-0.3, -0.25) is 0 Å². The molecule has 0 aromatic heterocycles. The van der Waals surface area contributed by atoms with Gasteiger partial charge in [-0.2, -0.15) is 0 Å². The molecule has 2 aliphatic carbocycles. The lowest BCUT2D eigenvalue weighted by Crippen LogP contribution is -2.21. The lowest BCUT2D eigenvalue weighted by atomic mass is 9.81. The topological polar surface area (TPSA) is 3.24 Å². The highest BCUT2D eigenvalue weighted by Gasteiger charge is 2.40. The van der Waals surface area contributed by atoms with Crippen molar-refractivity contribution >= 4 is 27.8 Å². The van der Waals surface area contributed by atoms with E-state index in [1.165, 1.54) is 77.8 Å². The maximum Gasteiger partial charge on any atom is 0.0508 e. The third-order valence-corrected chi connectivity index (χ3v) is 10.8. The van der Waals surface area contributed by atoms with Crippen molar-refractivity contribution in [3.8, 4) is 33.4 Å². The number of fused-ring (bicyclic) bond motifs is 7. The molecule has 0 saturated heterocycles. The fourth-order valence-corrected chi connectivity index (χ4v) is 8.46. The minimum atomic E-state index is -0.150. The van der Waals surface area contributed by atoms with E-state index >= 15 is 0 Å². The second-order valence-electron chi connectivity index (χ2n) is 14.2. The molecule has 7 aromatic rings. The van der Waals surface area contributed by atoms with Crippen molar-refractivity contribution in [2.45, 2.75) is 38.5 Å². The van der Waals surface area contributed by atoms with Gasteiger partial charge >= 0.3 is 0 Å². The first-order valence-corrected chi connectivity index (χ1v) is 16.7. The average Bonchev–Trinajstić information content (AvgIpc) is 3.48. The second kappa shape index (κ2) is 10.0. The number of nitrogens with zero attached hydrogens (tertiary/aromatic N) is 1. The normalized spacial score (nSPS) is 14.7. The molecule has 2 aliphatic rings. The van der Waals surface area contributed by atoms with Gasteiger partial charge in [-0.05, 0) is 103 Å². The van der Waals surface area contributed by atoms with Crippen molar-refractivity contribution in [2.75, 3.05) is 4.90 Å². The summed E-state index contributed by atoms with van der Waals surface area (Å²) < 4.78 is 0. The Morgan fingerprint density at radius 3 is 1.79 bits per heavy atom. The second-order valence-corrected chi connectivity index (χ2v) is 14.2. The zero-order valence-electron chi connectivity index (χ0n) is 27.4. The lowest BCUT2D eigenvalue weighted by molar-refractivity contribution is 0.658. The Kier molecular flexibility index (Phi) is 5.96. The molecule has 9 rings (SSSR count). The first-order chi connectivity index (χ1) is 22.8. The molecule has 7 aromatic carbocycles. The Hall–Kier alpha value is -5.40.